The van der Waals surface area contributed by atoms with Gasteiger partial charge in [-0.1, -0.05) is 24.6 Å². The number of amides is 1. The van der Waals surface area contributed by atoms with E-state index in [4.69, 9.17) is 0 Å². The first-order valence-corrected chi connectivity index (χ1v) is 6.74. The second-order valence-electron chi connectivity index (χ2n) is 4.56. The monoisotopic (exact) mass is 278 g/mol. The Morgan fingerprint density at radius 3 is 2.40 bits per heavy atom. The van der Waals surface area contributed by atoms with Gasteiger partial charge >= 0.3 is 5.97 Å². The fourth-order valence-electron chi connectivity index (χ4n) is 1.77. The first-order valence-electron chi connectivity index (χ1n) is 6.74. The molecule has 5 nitrogen and oxygen atoms in total. The first kappa shape index (κ1) is 16.2. The Bertz CT molecular complexity index is 443. The molecule has 0 saturated heterocycles. The molecule has 0 saturated carbocycles. The average molecular weight is 278 g/mol. The van der Waals surface area contributed by atoms with E-state index in [1.807, 2.05) is 26.0 Å². The van der Waals surface area contributed by atoms with E-state index in [9.17, 15) is 9.59 Å². The third kappa shape index (κ3) is 5.01. The van der Waals surface area contributed by atoms with Crippen LogP contribution >= 0.6 is 0 Å². The number of methoxy groups -OCH3 is 1. The van der Waals surface area contributed by atoms with Crippen molar-refractivity contribution in [3.05, 3.63) is 35.4 Å². The highest BCUT2D eigenvalue weighted by atomic mass is 16.5. The molecule has 0 aliphatic carbocycles. The SMILES string of the molecule is CCC(NCCNC(=O)c1ccc(C)cc1)C(=O)OC. The maximum atomic E-state index is 11.8. The van der Waals surface area contributed by atoms with Crippen LogP contribution < -0.4 is 10.6 Å². The summed E-state index contributed by atoms with van der Waals surface area (Å²) in [4.78, 5) is 23.2. The molecule has 1 unspecified atom stereocenters. The molecule has 0 aromatic heterocycles. The van der Waals surface area contributed by atoms with Crippen molar-refractivity contribution in [3.8, 4) is 0 Å². The molecule has 0 aliphatic rings. The van der Waals surface area contributed by atoms with Gasteiger partial charge in [-0.2, -0.15) is 0 Å². The van der Waals surface area contributed by atoms with Crippen molar-refractivity contribution in [3.63, 3.8) is 0 Å². The van der Waals surface area contributed by atoms with Crippen LogP contribution in [0.4, 0.5) is 0 Å². The van der Waals surface area contributed by atoms with Crippen LogP contribution in [-0.2, 0) is 9.53 Å². The van der Waals surface area contributed by atoms with Crippen molar-refractivity contribution in [2.24, 2.45) is 0 Å². The minimum Gasteiger partial charge on any atom is -0.468 e. The van der Waals surface area contributed by atoms with E-state index in [1.54, 1.807) is 12.1 Å². The number of carbonyl (C=O) groups excluding carboxylic acids is 2. The van der Waals surface area contributed by atoms with E-state index in [0.717, 1.165) is 5.56 Å². The number of hydrogen-bond donors (Lipinski definition) is 2. The number of hydrogen-bond acceptors (Lipinski definition) is 4. The van der Waals surface area contributed by atoms with Gasteiger partial charge < -0.3 is 15.4 Å². The summed E-state index contributed by atoms with van der Waals surface area (Å²) >= 11 is 0. The zero-order valence-corrected chi connectivity index (χ0v) is 12.2. The fraction of sp³-hybridized carbons (Fsp3) is 0.467. The molecular weight excluding hydrogens is 256 g/mol. The lowest BCUT2D eigenvalue weighted by molar-refractivity contribution is -0.143. The predicted molar refractivity (Wildman–Crippen MR) is 77.6 cm³/mol. The third-order valence-electron chi connectivity index (χ3n) is 3.01. The summed E-state index contributed by atoms with van der Waals surface area (Å²) in [6.07, 6.45) is 0.651. The Morgan fingerprint density at radius 2 is 1.85 bits per heavy atom. The number of aryl methyl sites for hydroxylation is 1. The molecule has 20 heavy (non-hydrogen) atoms. The highest BCUT2D eigenvalue weighted by molar-refractivity contribution is 5.94. The van der Waals surface area contributed by atoms with Crippen LogP contribution in [0.3, 0.4) is 0 Å². The Labute approximate surface area is 119 Å². The van der Waals surface area contributed by atoms with Crippen LogP contribution in [0.15, 0.2) is 24.3 Å². The van der Waals surface area contributed by atoms with Gasteiger partial charge in [0, 0.05) is 18.7 Å². The van der Waals surface area contributed by atoms with Gasteiger partial charge in [0.15, 0.2) is 0 Å². The van der Waals surface area contributed by atoms with Gasteiger partial charge in [0.25, 0.3) is 5.91 Å². The van der Waals surface area contributed by atoms with E-state index in [1.165, 1.54) is 7.11 Å². The third-order valence-corrected chi connectivity index (χ3v) is 3.01. The highest BCUT2D eigenvalue weighted by Gasteiger charge is 2.15. The summed E-state index contributed by atoms with van der Waals surface area (Å²) in [6, 6.07) is 7.06. The van der Waals surface area contributed by atoms with Crippen LogP contribution in [0.25, 0.3) is 0 Å². The molecule has 2 N–H and O–H groups in total. The molecule has 0 aliphatic heterocycles. The number of nitrogens with one attached hydrogen (secondary N) is 2. The zero-order chi connectivity index (χ0) is 15.0. The van der Waals surface area contributed by atoms with Gasteiger partial charge in [-0.3, -0.25) is 9.59 Å². The van der Waals surface area contributed by atoms with Gasteiger partial charge in [0.2, 0.25) is 0 Å². The molecule has 0 bridgehead atoms. The van der Waals surface area contributed by atoms with Crippen LogP contribution in [0.2, 0.25) is 0 Å². The standard InChI is InChI=1S/C15H22N2O3/c1-4-13(15(19)20-3)16-9-10-17-14(18)12-7-5-11(2)6-8-12/h5-8,13,16H,4,9-10H2,1-3H3,(H,17,18). The molecule has 0 fully saturated rings. The second-order valence-corrected chi connectivity index (χ2v) is 4.56. The van der Waals surface area contributed by atoms with Gasteiger partial charge in [0.1, 0.15) is 6.04 Å². The molecule has 1 aromatic rings. The molecule has 0 radical (unpaired) electrons. The zero-order valence-electron chi connectivity index (χ0n) is 12.2. The largest absolute Gasteiger partial charge is 0.468 e. The lowest BCUT2D eigenvalue weighted by Gasteiger charge is -2.14. The Kier molecular flexibility index (Phi) is 6.73. The number of ether oxygens (including phenoxy) is 1. The Morgan fingerprint density at radius 1 is 1.20 bits per heavy atom. The van der Waals surface area contributed by atoms with Crippen LogP contribution in [0.5, 0.6) is 0 Å². The summed E-state index contributed by atoms with van der Waals surface area (Å²) in [5.74, 6) is -0.393. The number of esters is 1. The lowest BCUT2D eigenvalue weighted by atomic mass is 10.1. The quantitative estimate of drug-likeness (QED) is 0.582. The second kappa shape index (κ2) is 8.32. The molecule has 5 heteroatoms. The molecule has 1 rings (SSSR count). The van der Waals surface area contributed by atoms with Gasteiger partial charge in [0.05, 0.1) is 7.11 Å². The Balaban J connectivity index is 2.32. The van der Waals surface area contributed by atoms with Crippen molar-refractivity contribution in [1.29, 1.82) is 0 Å². The summed E-state index contributed by atoms with van der Waals surface area (Å²) < 4.78 is 4.67. The van der Waals surface area contributed by atoms with E-state index in [2.05, 4.69) is 15.4 Å². The average Bonchev–Trinajstić information content (AvgIpc) is 2.47. The number of rotatable bonds is 7. The van der Waals surface area contributed by atoms with Gasteiger partial charge in [-0.05, 0) is 25.5 Å². The summed E-state index contributed by atoms with van der Waals surface area (Å²) in [5, 5.41) is 5.85. The van der Waals surface area contributed by atoms with E-state index < -0.39 is 0 Å². The van der Waals surface area contributed by atoms with Crippen LogP contribution in [0.1, 0.15) is 29.3 Å². The van der Waals surface area contributed by atoms with Gasteiger partial charge in [-0.15, -0.1) is 0 Å². The summed E-state index contributed by atoms with van der Waals surface area (Å²) in [6.45, 7) is 4.86. The smallest absolute Gasteiger partial charge is 0.322 e. The van der Waals surface area contributed by atoms with Gasteiger partial charge in [-0.25, -0.2) is 0 Å². The van der Waals surface area contributed by atoms with Crippen LogP contribution in [0, 0.1) is 6.92 Å². The lowest BCUT2D eigenvalue weighted by Crippen LogP contribution is -2.41. The van der Waals surface area contributed by atoms with Crippen molar-refractivity contribution in [2.75, 3.05) is 20.2 Å². The normalized spacial score (nSPS) is 11.8. The minimum absolute atomic E-state index is 0.113. The van der Waals surface area contributed by atoms with Crippen molar-refractivity contribution in [2.45, 2.75) is 26.3 Å². The molecule has 1 atom stereocenters. The first-order chi connectivity index (χ1) is 9.58. The molecule has 1 aromatic carbocycles. The Hall–Kier alpha value is -1.88. The molecular formula is C15H22N2O3. The number of carbonyl (C=O) groups is 2. The van der Waals surface area contributed by atoms with E-state index in [-0.39, 0.29) is 17.9 Å². The van der Waals surface area contributed by atoms with E-state index >= 15 is 0 Å². The predicted octanol–water partition coefficient (Wildman–Crippen LogP) is 1.27. The maximum absolute atomic E-state index is 11.8. The topological polar surface area (TPSA) is 67.4 Å². The van der Waals surface area contributed by atoms with Crippen molar-refractivity contribution < 1.29 is 14.3 Å². The van der Waals surface area contributed by atoms with E-state index in [0.29, 0.717) is 25.1 Å². The summed E-state index contributed by atoms with van der Waals surface area (Å²) in [5.41, 5.74) is 1.75. The van der Waals surface area contributed by atoms with Crippen molar-refractivity contribution in [1.82, 2.24) is 10.6 Å². The molecule has 1 amide bonds. The minimum atomic E-state index is -0.323. The fourth-order valence-corrected chi connectivity index (χ4v) is 1.77. The van der Waals surface area contributed by atoms with Crippen LogP contribution in [-0.4, -0.2) is 38.1 Å². The molecule has 110 valence electrons. The maximum Gasteiger partial charge on any atom is 0.322 e. The number of benzene rings is 1. The summed E-state index contributed by atoms with van der Waals surface area (Å²) in [7, 11) is 1.37. The molecule has 0 heterocycles. The highest BCUT2D eigenvalue weighted by Crippen LogP contribution is 2.02. The van der Waals surface area contributed by atoms with Crippen molar-refractivity contribution >= 4 is 11.9 Å². The molecule has 0 spiro atoms.